The topological polar surface area (TPSA) is 49.3 Å². The zero-order valence-electron chi connectivity index (χ0n) is 13.2. The molecule has 3 rings (SSSR count). The molecule has 0 unspecified atom stereocenters. The van der Waals surface area contributed by atoms with Crippen LogP contribution in [0.4, 0.5) is 10.1 Å². The second-order valence-electron chi connectivity index (χ2n) is 5.32. The predicted molar refractivity (Wildman–Crippen MR) is 108 cm³/mol. The average Bonchev–Trinajstić information content (AvgIpc) is 2.61. The van der Waals surface area contributed by atoms with Crippen LogP contribution < -0.4 is 5.32 Å². The Morgan fingerprint density at radius 3 is 2.15 bits per heavy atom. The molecule has 3 aromatic rings. The van der Waals surface area contributed by atoms with Crippen molar-refractivity contribution in [3.05, 3.63) is 81.0 Å². The Hall–Kier alpha value is -1.83. The van der Waals surface area contributed by atoms with Crippen LogP contribution in [0.1, 0.15) is 10.4 Å². The number of carbonyl (C=O) groups excluding carboxylic acids is 1. The minimum absolute atomic E-state index is 0.116. The van der Waals surface area contributed by atoms with E-state index in [2.05, 4.69) is 37.2 Å². The maximum atomic E-state index is 12.9. The Bertz CT molecular complexity index is 947. The normalized spacial score (nSPS) is 10.6. The van der Waals surface area contributed by atoms with Crippen LogP contribution in [0, 0.1) is 5.82 Å². The number of nitrogens with one attached hydrogen (secondary N) is 1. The summed E-state index contributed by atoms with van der Waals surface area (Å²) in [5.41, 5.74) is 0.768. The standard InChI is InChI=1S/C19H12Br2FNO2S/c20-11-9-16(18(24)17(21)10-11)19(25)23-13-3-7-15(8-4-13)26-14-5-1-12(22)2-6-14/h1-10,24H,(H,23,25). The van der Waals surface area contributed by atoms with E-state index in [-0.39, 0.29) is 17.1 Å². The molecule has 0 fully saturated rings. The lowest BCUT2D eigenvalue weighted by molar-refractivity contribution is 0.102. The van der Waals surface area contributed by atoms with Crippen LogP contribution in [0.2, 0.25) is 0 Å². The molecular formula is C19H12Br2FNO2S. The van der Waals surface area contributed by atoms with Crippen molar-refractivity contribution >= 4 is 55.2 Å². The van der Waals surface area contributed by atoms with E-state index in [0.29, 0.717) is 14.6 Å². The van der Waals surface area contributed by atoms with E-state index in [0.717, 1.165) is 9.79 Å². The molecule has 0 aliphatic heterocycles. The van der Waals surface area contributed by atoms with Crippen molar-refractivity contribution in [3.8, 4) is 5.75 Å². The molecule has 7 heteroatoms. The van der Waals surface area contributed by atoms with Crippen molar-refractivity contribution in [1.82, 2.24) is 0 Å². The third-order valence-electron chi connectivity index (χ3n) is 3.43. The van der Waals surface area contributed by atoms with Gasteiger partial charge in [0.05, 0.1) is 10.0 Å². The molecule has 0 aromatic heterocycles. The number of halogens is 3. The highest BCUT2D eigenvalue weighted by Crippen LogP contribution is 2.32. The molecule has 0 heterocycles. The lowest BCUT2D eigenvalue weighted by Gasteiger charge is -2.09. The number of hydrogen-bond acceptors (Lipinski definition) is 3. The molecule has 0 spiro atoms. The van der Waals surface area contributed by atoms with E-state index in [1.165, 1.54) is 23.9 Å². The lowest BCUT2D eigenvalue weighted by atomic mass is 10.2. The first-order valence-electron chi connectivity index (χ1n) is 7.45. The molecule has 3 aromatic carbocycles. The van der Waals surface area contributed by atoms with E-state index in [9.17, 15) is 14.3 Å². The van der Waals surface area contributed by atoms with Crippen molar-refractivity contribution in [3.63, 3.8) is 0 Å². The summed E-state index contributed by atoms with van der Waals surface area (Å²) in [4.78, 5) is 14.3. The summed E-state index contributed by atoms with van der Waals surface area (Å²) in [6.07, 6.45) is 0. The number of amides is 1. The molecule has 0 atom stereocenters. The number of benzene rings is 3. The molecular weight excluding hydrogens is 485 g/mol. The molecule has 26 heavy (non-hydrogen) atoms. The molecule has 2 N–H and O–H groups in total. The summed E-state index contributed by atoms with van der Waals surface area (Å²) >= 11 is 8.00. The molecule has 0 aliphatic rings. The van der Waals surface area contributed by atoms with E-state index >= 15 is 0 Å². The summed E-state index contributed by atoms with van der Waals surface area (Å²) in [5, 5.41) is 12.8. The predicted octanol–water partition coefficient (Wildman–Crippen LogP) is 6.46. The van der Waals surface area contributed by atoms with Crippen LogP contribution >= 0.6 is 43.6 Å². The third-order valence-corrected chi connectivity index (χ3v) is 5.51. The maximum Gasteiger partial charge on any atom is 0.259 e. The fourth-order valence-electron chi connectivity index (χ4n) is 2.18. The molecule has 0 radical (unpaired) electrons. The Kier molecular flexibility index (Phi) is 6.01. The van der Waals surface area contributed by atoms with Gasteiger partial charge < -0.3 is 10.4 Å². The molecule has 132 valence electrons. The van der Waals surface area contributed by atoms with E-state index in [1.54, 1.807) is 36.4 Å². The maximum absolute atomic E-state index is 12.9. The highest BCUT2D eigenvalue weighted by molar-refractivity contribution is 9.11. The van der Waals surface area contributed by atoms with Crippen LogP contribution in [0.25, 0.3) is 0 Å². The average molecular weight is 497 g/mol. The van der Waals surface area contributed by atoms with Gasteiger partial charge in [-0.15, -0.1) is 0 Å². The summed E-state index contributed by atoms with van der Waals surface area (Å²) in [6.45, 7) is 0. The Morgan fingerprint density at radius 1 is 0.962 bits per heavy atom. The van der Waals surface area contributed by atoms with Crippen LogP contribution in [-0.4, -0.2) is 11.0 Å². The van der Waals surface area contributed by atoms with Crippen LogP contribution in [-0.2, 0) is 0 Å². The van der Waals surface area contributed by atoms with Gasteiger partial charge in [0.25, 0.3) is 5.91 Å². The summed E-state index contributed by atoms with van der Waals surface area (Å²) in [7, 11) is 0. The lowest BCUT2D eigenvalue weighted by Crippen LogP contribution is -2.12. The van der Waals surface area contributed by atoms with Crippen LogP contribution in [0.15, 0.2) is 79.4 Å². The number of carbonyl (C=O) groups is 1. The van der Waals surface area contributed by atoms with Gasteiger partial charge >= 0.3 is 0 Å². The molecule has 0 saturated carbocycles. The first kappa shape index (κ1) is 18.9. The van der Waals surface area contributed by atoms with Gasteiger partial charge in [0.1, 0.15) is 11.6 Å². The van der Waals surface area contributed by atoms with Crippen molar-refractivity contribution in [2.45, 2.75) is 9.79 Å². The first-order valence-corrected chi connectivity index (χ1v) is 9.85. The highest BCUT2D eigenvalue weighted by Gasteiger charge is 2.15. The monoisotopic (exact) mass is 495 g/mol. The molecule has 0 saturated heterocycles. The Morgan fingerprint density at radius 2 is 1.54 bits per heavy atom. The van der Waals surface area contributed by atoms with Gasteiger partial charge in [0.2, 0.25) is 0 Å². The molecule has 0 aliphatic carbocycles. The fraction of sp³-hybridized carbons (Fsp3) is 0. The quantitative estimate of drug-likeness (QED) is 0.435. The first-order chi connectivity index (χ1) is 12.4. The second kappa shape index (κ2) is 8.24. The van der Waals surface area contributed by atoms with Gasteiger partial charge in [-0.2, -0.15) is 0 Å². The van der Waals surface area contributed by atoms with E-state index < -0.39 is 5.91 Å². The van der Waals surface area contributed by atoms with Gasteiger partial charge in [-0.1, -0.05) is 27.7 Å². The zero-order chi connectivity index (χ0) is 18.7. The van der Waals surface area contributed by atoms with Crippen LogP contribution in [0.5, 0.6) is 5.75 Å². The van der Waals surface area contributed by atoms with E-state index in [1.807, 2.05) is 12.1 Å². The number of anilines is 1. The summed E-state index contributed by atoms with van der Waals surface area (Å²) in [5.74, 6) is -0.799. The highest BCUT2D eigenvalue weighted by atomic mass is 79.9. The van der Waals surface area contributed by atoms with Crippen LogP contribution in [0.3, 0.4) is 0 Å². The van der Waals surface area contributed by atoms with Crippen molar-refractivity contribution in [2.24, 2.45) is 0 Å². The number of phenolic OH excluding ortho intramolecular Hbond substituents is 1. The van der Waals surface area contributed by atoms with Crippen molar-refractivity contribution in [2.75, 3.05) is 5.32 Å². The zero-order valence-corrected chi connectivity index (χ0v) is 17.2. The Labute approximate surface area is 170 Å². The van der Waals surface area contributed by atoms with Gasteiger partial charge in [0.15, 0.2) is 0 Å². The minimum Gasteiger partial charge on any atom is -0.506 e. The largest absolute Gasteiger partial charge is 0.506 e. The fourth-order valence-corrected chi connectivity index (χ4v) is 4.22. The molecule has 0 bridgehead atoms. The third kappa shape index (κ3) is 4.66. The second-order valence-corrected chi connectivity index (χ2v) is 8.24. The SMILES string of the molecule is O=C(Nc1ccc(Sc2ccc(F)cc2)cc1)c1cc(Br)cc(Br)c1O. The minimum atomic E-state index is -0.413. The molecule has 3 nitrogen and oxygen atoms in total. The molecule has 1 amide bonds. The smallest absolute Gasteiger partial charge is 0.259 e. The van der Waals surface area contributed by atoms with Gasteiger partial charge in [0, 0.05) is 20.0 Å². The number of aromatic hydroxyl groups is 1. The van der Waals surface area contributed by atoms with Gasteiger partial charge in [-0.05, 0) is 76.6 Å². The van der Waals surface area contributed by atoms with E-state index in [4.69, 9.17) is 0 Å². The Balaban J connectivity index is 1.71. The number of hydrogen-bond donors (Lipinski definition) is 2. The van der Waals surface area contributed by atoms with Crippen molar-refractivity contribution in [1.29, 1.82) is 0 Å². The van der Waals surface area contributed by atoms with Gasteiger partial charge in [-0.25, -0.2) is 4.39 Å². The number of rotatable bonds is 4. The summed E-state index contributed by atoms with van der Waals surface area (Å²) in [6, 6.07) is 16.7. The number of phenols is 1. The van der Waals surface area contributed by atoms with Gasteiger partial charge in [-0.3, -0.25) is 4.79 Å². The van der Waals surface area contributed by atoms with Crippen molar-refractivity contribution < 1.29 is 14.3 Å². The summed E-state index contributed by atoms with van der Waals surface area (Å²) < 4.78 is 14.1.